The summed E-state index contributed by atoms with van der Waals surface area (Å²) in [6, 6.07) is 0. The van der Waals surface area contributed by atoms with Crippen LogP contribution in [0, 0.1) is 6.92 Å². The van der Waals surface area contributed by atoms with Gasteiger partial charge in [0, 0.05) is 12.8 Å². The molecule has 0 aliphatic carbocycles. The standard InChI is InChI=1S/C8H14N2OS/c1-6-4-9-10(2)8(6)7(11)5-12-3/h4,7,11H,5H2,1-3H3. The molecule has 0 fully saturated rings. The molecule has 0 amide bonds. The zero-order valence-corrected chi connectivity index (χ0v) is 8.43. The molecule has 4 heteroatoms. The Morgan fingerprint density at radius 3 is 2.83 bits per heavy atom. The van der Waals surface area contributed by atoms with Crippen molar-refractivity contribution in [1.82, 2.24) is 9.78 Å². The van der Waals surface area contributed by atoms with Gasteiger partial charge >= 0.3 is 0 Å². The SMILES string of the molecule is CSCC(O)c1c(C)cnn1C. The summed E-state index contributed by atoms with van der Waals surface area (Å²) in [7, 11) is 1.85. The summed E-state index contributed by atoms with van der Waals surface area (Å²) in [6.45, 7) is 1.96. The summed E-state index contributed by atoms with van der Waals surface area (Å²) in [5.74, 6) is 0.723. The van der Waals surface area contributed by atoms with Gasteiger partial charge in [-0.15, -0.1) is 0 Å². The smallest absolute Gasteiger partial charge is 0.105 e. The van der Waals surface area contributed by atoms with Crippen LogP contribution in [0.25, 0.3) is 0 Å². The lowest BCUT2D eigenvalue weighted by Crippen LogP contribution is -2.08. The minimum Gasteiger partial charge on any atom is -0.386 e. The molecule has 1 aromatic heterocycles. The molecule has 1 unspecified atom stereocenters. The van der Waals surface area contributed by atoms with E-state index in [1.807, 2.05) is 20.2 Å². The van der Waals surface area contributed by atoms with Crippen molar-refractivity contribution in [2.24, 2.45) is 7.05 Å². The van der Waals surface area contributed by atoms with Gasteiger partial charge in [-0.25, -0.2) is 0 Å². The minimum absolute atomic E-state index is 0.396. The Morgan fingerprint density at radius 1 is 1.75 bits per heavy atom. The maximum absolute atomic E-state index is 9.69. The maximum atomic E-state index is 9.69. The first-order valence-electron chi connectivity index (χ1n) is 3.82. The van der Waals surface area contributed by atoms with E-state index < -0.39 is 6.10 Å². The number of hydrogen-bond acceptors (Lipinski definition) is 3. The molecule has 1 rings (SSSR count). The van der Waals surface area contributed by atoms with Gasteiger partial charge in [-0.3, -0.25) is 4.68 Å². The first-order chi connectivity index (χ1) is 5.66. The summed E-state index contributed by atoms with van der Waals surface area (Å²) in [5, 5.41) is 13.8. The molecule has 12 heavy (non-hydrogen) atoms. The highest BCUT2D eigenvalue weighted by atomic mass is 32.2. The van der Waals surface area contributed by atoms with Crippen LogP contribution in [-0.4, -0.2) is 26.9 Å². The molecular weight excluding hydrogens is 172 g/mol. The largest absolute Gasteiger partial charge is 0.386 e. The van der Waals surface area contributed by atoms with Crippen molar-refractivity contribution in [2.75, 3.05) is 12.0 Å². The Morgan fingerprint density at radius 2 is 2.42 bits per heavy atom. The molecule has 0 aliphatic rings. The van der Waals surface area contributed by atoms with Crippen molar-refractivity contribution >= 4 is 11.8 Å². The molecular formula is C8H14N2OS. The molecule has 1 N–H and O–H groups in total. The molecule has 3 nitrogen and oxygen atoms in total. The summed E-state index contributed by atoms with van der Waals surface area (Å²) in [6.07, 6.45) is 3.36. The van der Waals surface area contributed by atoms with Crippen LogP contribution in [0.3, 0.4) is 0 Å². The van der Waals surface area contributed by atoms with Crippen molar-refractivity contribution in [2.45, 2.75) is 13.0 Å². The van der Waals surface area contributed by atoms with Crippen LogP contribution in [0.2, 0.25) is 0 Å². The van der Waals surface area contributed by atoms with E-state index in [2.05, 4.69) is 5.10 Å². The summed E-state index contributed by atoms with van der Waals surface area (Å²) < 4.78 is 1.73. The molecule has 0 spiro atoms. The van der Waals surface area contributed by atoms with E-state index >= 15 is 0 Å². The van der Waals surface area contributed by atoms with Crippen LogP contribution < -0.4 is 0 Å². The Hall–Kier alpha value is -0.480. The number of rotatable bonds is 3. The third-order valence-electron chi connectivity index (χ3n) is 1.82. The van der Waals surface area contributed by atoms with Crippen LogP contribution in [0.15, 0.2) is 6.20 Å². The van der Waals surface area contributed by atoms with E-state index in [4.69, 9.17) is 0 Å². The highest BCUT2D eigenvalue weighted by molar-refractivity contribution is 7.98. The average molecular weight is 186 g/mol. The van der Waals surface area contributed by atoms with Crippen LogP contribution in [0.1, 0.15) is 17.4 Å². The van der Waals surface area contributed by atoms with Crippen LogP contribution in [0.5, 0.6) is 0 Å². The molecule has 1 heterocycles. The van der Waals surface area contributed by atoms with Gasteiger partial charge < -0.3 is 5.11 Å². The monoisotopic (exact) mass is 186 g/mol. The highest BCUT2D eigenvalue weighted by Gasteiger charge is 2.13. The quantitative estimate of drug-likeness (QED) is 0.769. The number of hydrogen-bond donors (Lipinski definition) is 1. The third kappa shape index (κ3) is 1.81. The van der Waals surface area contributed by atoms with E-state index in [9.17, 15) is 5.11 Å². The molecule has 0 aromatic carbocycles. The highest BCUT2D eigenvalue weighted by Crippen LogP contribution is 2.19. The number of aromatic nitrogens is 2. The Labute approximate surface area is 76.8 Å². The van der Waals surface area contributed by atoms with Crippen molar-refractivity contribution < 1.29 is 5.11 Å². The molecule has 0 saturated heterocycles. The molecule has 68 valence electrons. The molecule has 0 radical (unpaired) electrons. The normalized spacial score (nSPS) is 13.3. The van der Waals surface area contributed by atoms with Gasteiger partial charge in [0.2, 0.25) is 0 Å². The lowest BCUT2D eigenvalue weighted by Gasteiger charge is -2.10. The first kappa shape index (κ1) is 9.61. The van der Waals surface area contributed by atoms with E-state index in [1.165, 1.54) is 0 Å². The predicted octanol–water partition coefficient (Wildman–Crippen LogP) is 1.12. The van der Waals surface area contributed by atoms with Crippen molar-refractivity contribution in [3.05, 3.63) is 17.5 Å². The number of thioether (sulfide) groups is 1. The molecule has 1 aromatic rings. The second-order valence-corrected chi connectivity index (χ2v) is 3.72. The minimum atomic E-state index is -0.396. The Bertz CT molecular complexity index is 240. The van der Waals surface area contributed by atoms with Gasteiger partial charge in [0.15, 0.2) is 0 Å². The third-order valence-corrected chi connectivity index (χ3v) is 2.47. The molecule has 0 saturated carbocycles. The van der Waals surface area contributed by atoms with Gasteiger partial charge in [-0.05, 0) is 18.7 Å². The fraction of sp³-hybridized carbons (Fsp3) is 0.625. The van der Waals surface area contributed by atoms with Gasteiger partial charge in [0.25, 0.3) is 0 Å². The first-order valence-corrected chi connectivity index (χ1v) is 5.21. The fourth-order valence-electron chi connectivity index (χ4n) is 1.27. The zero-order valence-electron chi connectivity index (χ0n) is 7.61. The second-order valence-electron chi connectivity index (χ2n) is 2.81. The summed E-state index contributed by atoms with van der Waals surface area (Å²) in [5.41, 5.74) is 1.98. The molecule has 0 bridgehead atoms. The van der Waals surface area contributed by atoms with E-state index in [0.29, 0.717) is 0 Å². The predicted molar refractivity (Wildman–Crippen MR) is 51.3 cm³/mol. The van der Waals surface area contributed by atoms with Gasteiger partial charge in [0.05, 0.1) is 11.9 Å². The van der Waals surface area contributed by atoms with E-state index in [0.717, 1.165) is 17.0 Å². The number of aryl methyl sites for hydroxylation is 2. The number of nitrogens with zero attached hydrogens (tertiary/aromatic N) is 2. The van der Waals surface area contributed by atoms with Crippen LogP contribution in [-0.2, 0) is 7.05 Å². The van der Waals surface area contributed by atoms with E-state index in [-0.39, 0.29) is 0 Å². The Kier molecular flexibility index (Phi) is 3.17. The Balaban J connectivity index is 2.85. The van der Waals surface area contributed by atoms with Crippen LogP contribution >= 0.6 is 11.8 Å². The number of aliphatic hydroxyl groups excluding tert-OH is 1. The second kappa shape index (κ2) is 3.96. The molecule has 1 atom stereocenters. The fourth-order valence-corrected chi connectivity index (χ4v) is 1.75. The topological polar surface area (TPSA) is 38.1 Å². The van der Waals surface area contributed by atoms with E-state index in [1.54, 1.807) is 22.6 Å². The van der Waals surface area contributed by atoms with Crippen molar-refractivity contribution in [3.63, 3.8) is 0 Å². The maximum Gasteiger partial charge on any atom is 0.105 e. The average Bonchev–Trinajstić information content (AvgIpc) is 2.32. The zero-order chi connectivity index (χ0) is 9.14. The van der Waals surface area contributed by atoms with Crippen molar-refractivity contribution in [1.29, 1.82) is 0 Å². The number of aliphatic hydroxyl groups is 1. The van der Waals surface area contributed by atoms with Gasteiger partial charge in [0.1, 0.15) is 6.10 Å². The van der Waals surface area contributed by atoms with Crippen LogP contribution in [0.4, 0.5) is 0 Å². The van der Waals surface area contributed by atoms with Crippen molar-refractivity contribution in [3.8, 4) is 0 Å². The lowest BCUT2D eigenvalue weighted by atomic mass is 10.2. The summed E-state index contributed by atoms with van der Waals surface area (Å²) >= 11 is 1.63. The summed E-state index contributed by atoms with van der Waals surface area (Å²) in [4.78, 5) is 0. The lowest BCUT2D eigenvalue weighted by molar-refractivity contribution is 0.193. The molecule has 0 aliphatic heterocycles. The van der Waals surface area contributed by atoms with Gasteiger partial charge in [-0.1, -0.05) is 0 Å². The van der Waals surface area contributed by atoms with Gasteiger partial charge in [-0.2, -0.15) is 16.9 Å².